The van der Waals surface area contributed by atoms with Crippen LogP contribution in [-0.4, -0.2) is 46.2 Å². The van der Waals surface area contributed by atoms with Crippen LogP contribution >= 0.6 is 34.9 Å². The summed E-state index contributed by atoms with van der Waals surface area (Å²) in [5.74, 6) is 1.16. The zero-order valence-corrected chi connectivity index (χ0v) is 15.7. The third kappa shape index (κ3) is 4.86. The Kier molecular flexibility index (Phi) is 6.16. The van der Waals surface area contributed by atoms with E-state index in [1.54, 1.807) is 30.0 Å². The summed E-state index contributed by atoms with van der Waals surface area (Å²) in [6.07, 6.45) is -0.849. The Hall–Kier alpha value is -1.78. The van der Waals surface area contributed by atoms with E-state index in [1.807, 2.05) is 13.0 Å². The Morgan fingerprint density at radius 3 is 2.72 bits per heavy atom. The van der Waals surface area contributed by atoms with E-state index in [0.29, 0.717) is 15.8 Å². The number of thioether (sulfide) groups is 2. The maximum Gasteiger partial charge on any atom is 0.271 e. The van der Waals surface area contributed by atoms with Gasteiger partial charge < -0.3 is 9.47 Å². The van der Waals surface area contributed by atoms with Crippen molar-refractivity contribution in [3.8, 4) is 11.5 Å². The fourth-order valence-corrected chi connectivity index (χ4v) is 4.68. The smallest absolute Gasteiger partial charge is 0.271 e. The highest BCUT2D eigenvalue weighted by molar-refractivity contribution is 8.03. The lowest BCUT2D eigenvalue weighted by Crippen LogP contribution is -2.46. The van der Waals surface area contributed by atoms with Crippen LogP contribution in [0.4, 0.5) is 0 Å². The van der Waals surface area contributed by atoms with Crippen molar-refractivity contribution in [1.29, 1.82) is 0 Å². The number of rotatable bonds is 6. The van der Waals surface area contributed by atoms with Crippen LogP contribution in [-0.2, 0) is 9.59 Å². The fraction of sp³-hybridized carbons (Fsp3) is 0.333. The fourth-order valence-electron chi connectivity index (χ4n) is 1.97. The van der Waals surface area contributed by atoms with Gasteiger partial charge in [-0.15, -0.1) is 10.2 Å². The number of amides is 2. The van der Waals surface area contributed by atoms with Crippen LogP contribution in [0.3, 0.4) is 0 Å². The monoisotopic (exact) mass is 397 g/mol. The Morgan fingerprint density at radius 2 is 1.96 bits per heavy atom. The molecular weight excluding hydrogens is 382 g/mol. The third-order valence-corrected chi connectivity index (χ3v) is 6.12. The molecule has 3 rings (SSSR count). The number of nitrogens with zero attached hydrogens (tertiary/aromatic N) is 2. The molecule has 1 aromatic carbocycles. The molecule has 1 aliphatic rings. The van der Waals surface area contributed by atoms with Crippen molar-refractivity contribution in [2.45, 2.75) is 21.7 Å². The highest BCUT2D eigenvalue weighted by atomic mass is 32.2. The first kappa shape index (κ1) is 18.0. The standard InChI is InChI=1S/C15H15N3O4S3/c1-2-23-14-17-18-15(25-14)24-8-12(19)16-13(20)11-7-21-9-5-3-4-6-10(9)22-11/h3-6,11H,2,7-8H2,1H3,(H,16,19,20)/t11-/m1/s1. The Balaban J connectivity index is 1.47. The van der Waals surface area contributed by atoms with E-state index in [4.69, 9.17) is 9.47 Å². The van der Waals surface area contributed by atoms with Gasteiger partial charge in [0, 0.05) is 0 Å². The second-order valence-corrected chi connectivity index (χ2v) is 8.54. The normalized spacial score (nSPS) is 15.6. The second kappa shape index (κ2) is 8.54. The zero-order chi connectivity index (χ0) is 17.6. The molecule has 7 nitrogen and oxygen atoms in total. The molecule has 1 aromatic heterocycles. The van der Waals surface area contributed by atoms with E-state index >= 15 is 0 Å². The van der Waals surface area contributed by atoms with E-state index in [9.17, 15) is 9.59 Å². The van der Waals surface area contributed by atoms with Crippen LogP contribution in [0, 0.1) is 0 Å². The van der Waals surface area contributed by atoms with Crippen LogP contribution < -0.4 is 14.8 Å². The molecule has 0 unspecified atom stereocenters. The van der Waals surface area contributed by atoms with Gasteiger partial charge in [-0.2, -0.15) is 0 Å². The highest BCUT2D eigenvalue weighted by Crippen LogP contribution is 2.31. The van der Waals surface area contributed by atoms with Crippen LogP contribution in [0.5, 0.6) is 11.5 Å². The van der Waals surface area contributed by atoms with Gasteiger partial charge in [-0.3, -0.25) is 14.9 Å². The number of fused-ring (bicyclic) bond motifs is 1. The zero-order valence-electron chi connectivity index (χ0n) is 13.3. The number of hydrogen-bond donors (Lipinski definition) is 1. The molecule has 1 aliphatic heterocycles. The SMILES string of the molecule is CCSc1nnc(SCC(=O)NC(=O)[C@H]2COc3ccccc3O2)s1. The van der Waals surface area contributed by atoms with E-state index in [-0.39, 0.29) is 12.4 Å². The quantitative estimate of drug-likeness (QED) is 0.742. The number of aromatic nitrogens is 2. The van der Waals surface area contributed by atoms with E-state index < -0.39 is 17.9 Å². The van der Waals surface area contributed by atoms with Crippen molar-refractivity contribution in [2.24, 2.45) is 0 Å². The summed E-state index contributed by atoms with van der Waals surface area (Å²) < 4.78 is 12.6. The number of ether oxygens (including phenoxy) is 2. The molecule has 0 bridgehead atoms. The number of nitrogens with one attached hydrogen (secondary N) is 1. The van der Waals surface area contributed by atoms with Gasteiger partial charge >= 0.3 is 0 Å². The number of para-hydroxylation sites is 2. The number of imide groups is 1. The average molecular weight is 398 g/mol. The lowest BCUT2D eigenvalue weighted by atomic mass is 10.2. The first-order chi connectivity index (χ1) is 12.2. The van der Waals surface area contributed by atoms with Crippen LogP contribution in [0.25, 0.3) is 0 Å². The Labute approximate surface area is 156 Å². The lowest BCUT2D eigenvalue weighted by molar-refractivity contribution is -0.135. The number of benzene rings is 1. The highest BCUT2D eigenvalue weighted by Gasteiger charge is 2.28. The third-order valence-electron chi connectivity index (χ3n) is 3.05. The molecule has 0 saturated heterocycles. The van der Waals surface area contributed by atoms with Crippen molar-refractivity contribution in [1.82, 2.24) is 15.5 Å². The van der Waals surface area contributed by atoms with E-state index in [1.165, 1.54) is 23.1 Å². The summed E-state index contributed by atoms with van der Waals surface area (Å²) in [5.41, 5.74) is 0. The summed E-state index contributed by atoms with van der Waals surface area (Å²) in [4.78, 5) is 24.1. The maximum atomic E-state index is 12.1. The van der Waals surface area contributed by atoms with Crippen LogP contribution in [0.1, 0.15) is 6.92 Å². The first-order valence-corrected chi connectivity index (χ1v) is 10.3. The topological polar surface area (TPSA) is 90.4 Å². The van der Waals surface area contributed by atoms with Gasteiger partial charge in [-0.05, 0) is 17.9 Å². The average Bonchev–Trinajstić information content (AvgIpc) is 3.07. The molecule has 25 heavy (non-hydrogen) atoms. The molecule has 10 heteroatoms. The summed E-state index contributed by atoms with van der Waals surface area (Å²) in [6.45, 7) is 2.10. The van der Waals surface area contributed by atoms with Crippen molar-refractivity contribution >= 4 is 46.7 Å². The predicted octanol–water partition coefficient (Wildman–Crippen LogP) is 2.22. The molecule has 2 aromatic rings. The molecule has 0 saturated carbocycles. The molecule has 2 amide bonds. The number of hydrogen-bond acceptors (Lipinski definition) is 9. The van der Waals surface area contributed by atoms with Gasteiger partial charge in [0.1, 0.15) is 6.61 Å². The summed E-state index contributed by atoms with van der Waals surface area (Å²) in [7, 11) is 0. The van der Waals surface area contributed by atoms with Crippen LogP contribution in [0.2, 0.25) is 0 Å². The lowest BCUT2D eigenvalue weighted by Gasteiger charge is -2.25. The van der Waals surface area contributed by atoms with Crippen molar-refractivity contribution < 1.29 is 19.1 Å². The number of carbonyl (C=O) groups excluding carboxylic acids is 2. The summed E-state index contributed by atoms with van der Waals surface area (Å²) in [5, 5.41) is 10.3. The summed E-state index contributed by atoms with van der Waals surface area (Å²) in [6, 6.07) is 7.09. The van der Waals surface area contributed by atoms with Crippen molar-refractivity contribution in [2.75, 3.05) is 18.1 Å². The minimum absolute atomic E-state index is 0.0667. The largest absolute Gasteiger partial charge is 0.485 e. The van der Waals surface area contributed by atoms with Gasteiger partial charge in [0.05, 0.1) is 5.75 Å². The van der Waals surface area contributed by atoms with E-state index in [2.05, 4.69) is 15.5 Å². The molecule has 1 N–H and O–H groups in total. The minimum atomic E-state index is -0.849. The number of carbonyl (C=O) groups is 2. The van der Waals surface area contributed by atoms with Gasteiger partial charge in [0.2, 0.25) is 12.0 Å². The van der Waals surface area contributed by atoms with Crippen molar-refractivity contribution in [3.05, 3.63) is 24.3 Å². The molecular formula is C15H15N3O4S3. The molecule has 0 spiro atoms. The minimum Gasteiger partial charge on any atom is -0.485 e. The first-order valence-electron chi connectivity index (χ1n) is 7.47. The molecule has 1 atom stereocenters. The second-order valence-electron chi connectivity index (χ2n) is 4.83. The van der Waals surface area contributed by atoms with Crippen LogP contribution in [0.15, 0.2) is 32.9 Å². The Morgan fingerprint density at radius 1 is 1.24 bits per heavy atom. The molecule has 2 heterocycles. The van der Waals surface area contributed by atoms with Crippen molar-refractivity contribution in [3.63, 3.8) is 0 Å². The molecule has 0 aliphatic carbocycles. The van der Waals surface area contributed by atoms with E-state index in [0.717, 1.165) is 10.1 Å². The summed E-state index contributed by atoms with van der Waals surface area (Å²) >= 11 is 4.28. The van der Waals surface area contributed by atoms with Gasteiger partial charge in [0.25, 0.3) is 5.91 Å². The van der Waals surface area contributed by atoms with Gasteiger partial charge in [-0.1, -0.05) is 53.9 Å². The predicted molar refractivity (Wildman–Crippen MR) is 96.5 cm³/mol. The molecule has 0 radical (unpaired) electrons. The molecule has 0 fully saturated rings. The maximum absolute atomic E-state index is 12.1. The van der Waals surface area contributed by atoms with Gasteiger partial charge in [0.15, 0.2) is 20.2 Å². The Bertz CT molecular complexity index is 768. The van der Waals surface area contributed by atoms with Gasteiger partial charge in [-0.25, -0.2) is 0 Å². The molecule has 132 valence electrons.